The van der Waals surface area contributed by atoms with Gasteiger partial charge in [0.15, 0.2) is 6.23 Å². The molecule has 1 heterocycles. The van der Waals surface area contributed by atoms with E-state index in [9.17, 15) is 38.1 Å². The van der Waals surface area contributed by atoms with Gasteiger partial charge in [-0.1, -0.05) is 64.5 Å². The van der Waals surface area contributed by atoms with Crippen LogP contribution in [0, 0.1) is 0 Å². The molecular formula is C34H34BrF3N4O6. The minimum Gasteiger partial charge on any atom is -0.496 e. The van der Waals surface area contributed by atoms with Gasteiger partial charge in [0.1, 0.15) is 11.8 Å². The van der Waals surface area contributed by atoms with Crippen molar-refractivity contribution in [1.82, 2.24) is 10.6 Å². The van der Waals surface area contributed by atoms with Crippen molar-refractivity contribution in [2.24, 2.45) is 0 Å². The Hall–Kier alpha value is -4.21. The highest BCUT2D eigenvalue weighted by molar-refractivity contribution is 9.10. The number of ether oxygens (including phenoxy) is 1. The van der Waals surface area contributed by atoms with E-state index in [0.29, 0.717) is 22.7 Å². The van der Waals surface area contributed by atoms with Crippen LogP contribution in [0.3, 0.4) is 0 Å². The van der Waals surface area contributed by atoms with Crippen LogP contribution in [0.15, 0.2) is 83.3 Å². The van der Waals surface area contributed by atoms with Gasteiger partial charge in [-0.15, -0.1) is 0 Å². The quantitative estimate of drug-likeness (QED) is 0.160. The van der Waals surface area contributed by atoms with Gasteiger partial charge in [0, 0.05) is 21.2 Å². The molecule has 3 atom stereocenters. The number of anilines is 2. The van der Waals surface area contributed by atoms with Gasteiger partial charge in [0.2, 0.25) is 5.91 Å². The number of nitrogens with one attached hydrogen (secondary N) is 2. The lowest BCUT2D eigenvalue weighted by Crippen LogP contribution is -2.55. The molecule has 0 bridgehead atoms. The molecule has 1 aliphatic rings. The van der Waals surface area contributed by atoms with Gasteiger partial charge in [-0.05, 0) is 55.1 Å². The number of halogens is 4. The van der Waals surface area contributed by atoms with E-state index in [0.717, 1.165) is 39.5 Å². The van der Waals surface area contributed by atoms with E-state index in [4.69, 9.17) is 4.74 Å². The SMILES string of the molecule is CN[C@@H](C)C(=O)N[C@H]1CN(C(O)c2ccc(C(O)(O)C(F)(F)F)cc2)c2ccccc2N(Cc2c(OC)ccc3cc(Br)ccc23)C1=O. The van der Waals surface area contributed by atoms with Crippen LogP contribution in [0.4, 0.5) is 24.5 Å². The minimum atomic E-state index is -5.36. The fourth-order valence-corrected chi connectivity index (χ4v) is 6.01. The number of fused-ring (bicyclic) bond motifs is 2. The van der Waals surface area contributed by atoms with Crippen LogP contribution in [-0.2, 0) is 21.9 Å². The highest BCUT2D eigenvalue weighted by Crippen LogP contribution is 2.41. The second-order valence-corrected chi connectivity index (χ2v) is 12.3. The molecule has 1 aliphatic heterocycles. The van der Waals surface area contributed by atoms with Crippen LogP contribution in [-0.4, -0.2) is 66.1 Å². The van der Waals surface area contributed by atoms with Gasteiger partial charge in [-0.2, -0.15) is 13.2 Å². The summed E-state index contributed by atoms with van der Waals surface area (Å²) < 4.78 is 46.3. The van der Waals surface area contributed by atoms with Crippen LogP contribution in [0.1, 0.15) is 29.8 Å². The van der Waals surface area contributed by atoms with Crippen molar-refractivity contribution in [2.75, 3.05) is 30.5 Å². The smallest absolute Gasteiger partial charge is 0.447 e. The van der Waals surface area contributed by atoms with E-state index < -0.39 is 47.7 Å². The number of hydrogen-bond donors (Lipinski definition) is 5. The molecule has 5 N–H and O–H groups in total. The van der Waals surface area contributed by atoms with Crippen molar-refractivity contribution in [3.8, 4) is 5.75 Å². The number of nitrogens with zero attached hydrogens (tertiary/aromatic N) is 2. The summed E-state index contributed by atoms with van der Waals surface area (Å²) in [7, 11) is 3.12. The number of para-hydroxylation sites is 2. The maximum Gasteiger partial charge on any atom is 0.447 e. The summed E-state index contributed by atoms with van der Waals surface area (Å²) in [4.78, 5) is 30.6. The Morgan fingerprint density at radius 1 is 1.04 bits per heavy atom. The molecule has 1 unspecified atom stereocenters. The predicted octanol–water partition coefficient (Wildman–Crippen LogP) is 4.45. The number of benzene rings is 4. The van der Waals surface area contributed by atoms with Crippen LogP contribution in [0.25, 0.3) is 10.8 Å². The van der Waals surface area contributed by atoms with Crippen molar-refractivity contribution in [2.45, 2.75) is 43.7 Å². The number of rotatable bonds is 9. The first-order valence-electron chi connectivity index (χ1n) is 14.9. The second-order valence-electron chi connectivity index (χ2n) is 11.4. The molecule has 10 nitrogen and oxygen atoms in total. The molecule has 0 fully saturated rings. The molecule has 0 aromatic heterocycles. The third-order valence-electron chi connectivity index (χ3n) is 8.46. The van der Waals surface area contributed by atoms with Gasteiger partial charge in [0.25, 0.3) is 11.7 Å². The average molecular weight is 732 g/mol. The van der Waals surface area contributed by atoms with Gasteiger partial charge in [-0.25, -0.2) is 0 Å². The largest absolute Gasteiger partial charge is 0.496 e. The fraction of sp³-hybridized carbons (Fsp3) is 0.294. The molecule has 14 heteroatoms. The number of likely N-dealkylation sites (N-methyl/N-ethyl adjacent to an activating group) is 1. The Kier molecular flexibility index (Phi) is 10.0. The number of methoxy groups -OCH3 is 1. The molecule has 48 heavy (non-hydrogen) atoms. The average Bonchev–Trinajstić information content (AvgIpc) is 3.17. The molecule has 0 saturated carbocycles. The van der Waals surface area contributed by atoms with Crippen molar-refractivity contribution in [3.63, 3.8) is 0 Å². The van der Waals surface area contributed by atoms with E-state index in [1.807, 2.05) is 24.3 Å². The summed E-state index contributed by atoms with van der Waals surface area (Å²) in [5.41, 5.74) is 0.754. The van der Waals surface area contributed by atoms with Crippen molar-refractivity contribution < 1.29 is 42.8 Å². The lowest BCUT2D eigenvalue weighted by molar-refractivity contribution is -0.358. The first-order chi connectivity index (χ1) is 22.7. The number of amides is 2. The fourth-order valence-electron chi connectivity index (χ4n) is 5.63. The van der Waals surface area contributed by atoms with Gasteiger partial charge in [-0.3, -0.25) is 9.59 Å². The third-order valence-corrected chi connectivity index (χ3v) is 8.95. The normalized spacial score (nSPS) is 16.7. The van der Waals surface area contributed by atoms with Gasteiger partial charge < -0.3 is 40.5 Å². The van der Waals surface area contributed by atoms with Crippen LogP contribution in [0.2, 0.25) is 0 Å². The lowest BCUT2D eigenvalue weighted by atomic mass is 10.0. The molecule has 0 radical (unpaired) electrons. The topological polar surface area (TPSA) is 135 Å². The maximum absolute atomic E-state index is 14.5. The van der Waals surface area contributed by atoms with Gasteiger partial charge in [0.05, 0.1) is 37.6 Å². The number of aliphatic hydroxyl groups excluding tert-OH is 1. The Balaban J connectivity index is 1.61. The highest BCUT2D eigenvalue weighted by Gasteiger charge is 2.54. The molecule has 0 saturated heterocycles. The van der Waals surface area contributed by atoms with E-state index in [-0.39, 0.29) is 18.7 Å². The Morgan fingerprint density at radius 3 is 2.33 bits per heavy atom. The summed E-state index contributed by atoms with van der Waals surface area (Å²) in [6.45, 7) is 1.43. The summed E-state index contributed by atoms with van der Waals surface area (Å²) in [5.74, 6) is -4.52. The molecule has 0 aliphatic carbocycles. The monoisotopic (exact) mass is 730 g/mol. The Labute approximate surface area is 282 Å². The first kappa shape index (κ1) is 35.1. The summed E-state index contributed by atoms with van der Waals surface area (Å²) in [6, 6.07) is 18.4. The number of aliphatic hydroxyl groups is 3. The molecule has 4 aromatic rings. The Morgan fingerprint density at radius 2 is 1.71 bits per heavy atom. The van der Waals surface area contributed by atoms with Crippen molar-refractivity contribution >= 4 is 49.9 Å². The van der Waals surface area contributed by atoms with Crippen LogP contribution < -0.4 is 25.2 Å². The zero-order valence-corrected chi connectivity index (χ0v) is 27.7. The van der Waals surface area contributed by atoms with E-state index in [1.54, 1.807) is 44.3 Å². The highest BCUT2D eigenvalue weighted by atomic mass is 79.9. The Bertz CT molecular complexity index is 1820. The predicted molar refractivity (Wildman–Crippen MR) is 177 cm³/mol. The third kappa shape index (κ3) is 6.71. The molecule has 0 spiro atoms. The first-order valence-corrected chi connectivity index (χ1v) is 15.7. The summed E-state index contributed by atoms with van der Waals surface area (Å²) >= 11 is 3.50. The number of hydrogen-bond acceptors (Lipinski definition) is 8. The molecule has 5 rings (SSSR count). The van der Waals surface area contributed by atoms with Crippen molar-refractivity contribution in [1.29, 1.82) is 0 Å². The molecule has 254 valence electrons. The number of carbonyl (C=O) groups is 2. The molecule has 2 amide bonds. The zero-order chi connectivity index (χ0) is 35.0. The number of carbonyl (C=O) groups excluding carboxylic acids is 2. The van der Waals surface area contributed by atoms with Crippen LogP contribution in [0.5, 0.6) is 5.75 Å². The second kappa shape index (κ2) is 13.7. The van der Waals surface area contributed by atoms with E-state index >= 15 is 0 Å². The van der Waals surface area contributed by atoms with E-state index in [2.05, 4.69) is 26.6 Å². The zero-order valence-electron chi connectivity index (χ0n) is 26.1. The van der Waals surface area contributed by atoms with Gasteiger partial charge >= 0.3 is 6.18 Å². The molecule has 4 aromatic carbocycles. The van der Waals surface area contributed by atoms with Crippen molar-refractivity contribution in [3.05, 3.63) is 100 Å². The lowest BCUT2D eigenvalue weighted by Gasteiger charge is -2.32. The summed E-state index contributed by atoms with van der Waals surface area (Å²) in [6.07, 6.45) is -6.89. The van der Waals surface area contributed by atoms with Crippen LogP contribution >= 0.6 is 15.9 Å². The standard InChI is InChI=1S/C34H34BrF3N4O6/c1-19(39-2)30(43)40-26-18-42(31(44)20-8-11-22(12-9-20)33(46,47)34(36,37)38)28-7-5-4-6-27(28)41(32(26)45)17-25-24-14-13-23(35)16-21(24)10-15-29(25)48-3/h4-16,19,26,31,39,44,46-47H,17-18H2,1-3H3,(H,40,43)/t19-,26-,31?/m0/s1. The summed E-state index contributed by atoms with van der Waals surface area (Å²) in [5, 5.41) is 38.5. The molecular weight excluding hydrogens is 697 g/mol. The maximum atomic E-state index is 14.5. The minimum absolute atomic E-state index is 0.0249. The number of alkyl halides is 3. The van der Waals surface area contributed by atoms with E-state index in [1.165, 1.54) is 16.9 Å².